The summed E-state index contributed by atoms with van der Waals surface area (Å²) >= 11 is 3.56. The Morgan fingerprint density at radius 1 is 1.11 bits per heavy atom. The van der Waals surface area contributed by atoms with Gasteiger partial charge in [0.2, 0.25) is 0 Å². The maximum atomic E-state index is 6.00. The molecule has 0 fully saturated rings. The number of methoxy groups -OCH3 is 1. The number of anilines is 3. The Hall–Kier alpha value is -1.68. The van der Waals surface area contributed by atoms with Crippen LogP contribution < -0.4 is 15.8 Å². The number of halogens is 1. The molecule has 3 nitrogen and oxygen atoms in total. The first-order chi connectivity index (χ1) is 9.01. The number of hydrogen-bond donors (Lipinski definition) is 2. The van der Waals surface area contributed by atoms with Crippen molar-refractivity contribution in [2.24, 2.45) is 0 Å². The fraction of sp³-hybridized carbons (Fsp3) is 0.200. The van der Waals surface area contributed by atoms with Crippen molar-refractivity contribution in [3.63, 3.8) is 0 Å². The maximum absolute atomic E-state index is 6.00. The van der Waals surface area contributed by atoms with Gasteiger partial charge >= 0.3 is 0 Å². The van der Waals surface area contributed by atoms with Gasteiger partial charge in [-0.25, -0.2) is 0 Å². The molecule has 0 aliphatic heterocycles. The minimum Gasteiger partial charge on any atom is -0.497 e. The number of nitrogens with one attached hydrogen (secondary N) is 1. The zero-order valence-electron chi connectivity index (χ0n) is 11.3. The van der Waals surface area contributed by atoms with Crippen molar-refractivity contribution >= 4 is 33.0 Å². The van der Waals surface area contributed by atoms with Gasteiger partial charge in [0.1, 0.15) is 5.75 Å². The molecular weight excluding hydrogens is 304 g/mol. The lowest BCUT2D eigenvalue weighted by molar-refractivity contribution is 0.415. The average Bonchev–Trinajstić information content (AvgIpc) is 2.38. The van der Waals surface area contributed by atoms with Crippen LogP contribution in [0.25, 0.3) is 0 Å². The van der Waals surface area contributed by atoms with E-state index in [0.717, 1.165) is 21.6 Å². The Bertz CT molecular complexity index is 588. The second kappa shape index (κ2) is 5.53. The molecule has 100 valence electrons. The molecule has 0 atom stereocenters. The molecule has 0 saturated carbocycles. The van der Waals surface area contributed by atoms with Crippen LogP contribution in [-0.2, 0) is 0 Å². The summed E-state index contributed by atoms with van der Waals surface area (Å²) in [6, 6.07) is 9.78. The zero-order chi connectivity index (χ0) is 14.0. The van der Waals surface area contributed by atoms with Crippen LogP contribution in [0.1, 0.15) is 11.1 Å². The normalized spacial score (nSPS) is 10.3. The second-order valence-corrected chi connectivity index (χ2v) is 5.30. The van der Waals surface area contributed by atoms with Crippen LogP contribution in [-0.4, -0.2) is 7.11 Å². The third-order valence-corrected chi connectivity index (χ3v) is 4.23. The van der Waals surface area contributed by atoms with Gasteiger partial charge in [-0.15, -0.1) is 0 Å². The van der Waals surface area contributed by atoms with Gasteiger partial charge in [-0.05, 0) is 49.2 Å². The Kier molecular flexibility index (Phi) is 4.00. The summed E-state index contributed by atoms with van der Waals surface area (Å²) in [5.74, 6) is 0.756. The van der Waals surface area contributed by atoms with Crippen molar-refractivity contribution in [1.82, 2.24) is 0 Å². The van der Waals surface area contributed by atoms with Crippen LogP contribution in [0.2, 0.25) is 0 Å². The molecule has 0 radical (unpaired) electrons. The summed E-state index contributed by atoms with van der Waals surface area (Å²) in [6.45, 7) is 4.14. The van der Waals surface area contributed by atoms with E-state index < -0.39 is 0 Å². The zero-order valence-corrected chi connectivity index (χ0v) is 12.8. The smallest absolute Gasteiger partial charge is 0.121 e. The minimum absolute atomic E-state index is 0.664. The average molecular weight is 321 g/mol. The minimum atomic E-state index is 0.664. The molecule has 0 spiro atoms. The van der Waals surface area contributed by atoms with E-state index in [1.165, 1.54) is 11.1 Å². The van der Waals surface area contributed by atoms with Gasteiger partial charge in [0, 0.05) is 16.2 Å². The summed E-state index contributed by atoms with van der Waals surface area (Å²) in [5, 5.41) is 3.33. The van der Waals surface area contributed by atoms with E-state index in [1.807, 2.05) is 12.1 Å². The van der Waals surface area contributed by atoms with Gasteiger partial charge in [0.15, 0.2) is 0 Å². The van der Waals surface area contributed by atoms with Gasteiger partial charge in [-0.1, -0.05) is 15.9 Å². The largest absolute Gasteiger partial charge is 0.497 e. The van der Waals surface area contributed by atoms with E-state index in [4.69, 9.17) is 10.5 Å². The van der Waals surface area contributed by atoms with Crippen LogP contribution in [0.5, 0.6) is 5.75 Å². The number of benzene rings is 2. The standard InChI is InChI=1S/C15H17BrN2O/c1-9-6-11(7-10(2)15(9)16)18-14-5-4-12(19-3)8-13(14)17/h4-8,18H,17H2,1-3H3. The third-order valence-electron chi connectivity index (χ3n) is 2.97. The van der Waals surface area contributed by atoms with Gasteiger partial charge in [0.05, 0.1) is 18.5 Å². The number of aryl methyl sites for hydroxylation is 2. The molecular formula is C15H17BrN2O. The van der Waals surface area contributed by atoms with Gasteiger partial charge < -0.3 is 15.8 Å². The molecule has 19 heavy (non-hydrogen) atoms. The van der Waals surface area contributed by atoms with Crippen LogP contribution >= 0.6 is 15.9 Å². The number of rotatable bonds is 3. The lowest BCUT2D eigenvalue weighted by atomic mass is 10.1. The van der Waals surface area contributed by atoms with Crippen molar-refractivity contribution in [2.75, 3.05) is 18.2 Å². The van der Waals surface area contributed by atoms with Crippen molar-refractivity contribution in [3.8, 4) is 5.75 Å². The molecule has 0 aliphatic carbocycles. The van der Waals surface area contributed by atoms with Gasteiger partial charge in [-0.3, -0.25) is 0 Å². The highest BCUT2D eigenvalue weighted by Gasteiger charge is 2.05. The summed E-state index contributed by atoms with van der Waals surface area (Å²) in [5.41, 5.74) is 10.9. The highest BCUT2D eigenvalue weighted by Crippen LogP contribution is 2.30. The summed E-state index contributed by atoms with van der Waals surface area (Å²) in [6.07, 6.45) is 0. The van der Waals surface area contributed by atoms with Gasteiger partial charge in [0.25, 0.3) is 0 Å². The molecule has 0 aromatic heterocycles. The van der Waals surface area contributed by atoms with E-state index in [2.05, 4.69) is 47.2 Å². The number of nitrogens with two attached hydrogens (primary N) is 1. The maximum Gasteiger partial charge on any atom is 0.121 e. The lowest BCUT2D eigenvalue weighted by Gasteiger charge is -2.13. The Balaban J connectivity index is 2.31. The molecule has 2 aromatic rings. The van der Waals surface area contributed by atoms with E-state index in [-0.39, 0.29) is 0 Å². The van der Waals surface area contributed by atoms with Crippen molar-refractivity contribution in [3.05, 3.63) is 45.9 Å². The third kappa shape index (κ3) is 3.01. The Morgan fingerprint density at radius 2 is 1.74 bits per heavy atom. The van der Waals surface area contributed by atoms with Crippen molar-refractivity contribution in [1.29, 1.82) is 0 Å². The number of ether oxygens (including phenoxy) is 1. The molecule has 0 saturated heterocycles. The summed E-state index contributed by atoms with van der Waals surface area (Å²) in [4.78, 5) is 0. The summed E-state index contributed by atoms with van der Waals surface area (Å²) < 4.78 is 6.28. The number of nitrogen functional groups attached to an aromatic ring is 1. The predicted octanol–water partition coefficient (Wildman–Crippen LogP) is 4.40. The van der Waals surface area contributed by atoms with Crippen molar-refractivity contribution < 1.29 is 4.74 Å². The van der Waals surface area contributed by atoms with Crippen molar-refractivity contribution in [2.45, 2.75) is 13.8 Å². The monoisotopic (exact) mass is 320 g/mol. The van der Waals surface area contributed by atoms with E-state index in [0.29, 0.717) is 5.69 Å². The van der Waals surface area contributed by atoms with E-state index in [9.17, 15) is 0 Å². The van der Waals surface area contributed by atoms with Crippen LogP contribution in [0.4, 0.5) is 17.1 Å². The fourth-order valence-electron chi connectivity index (χ4n) is 1.96. The SMILES string of the molecule is COc1ccc(Nc2cc(C)c(Br)c(C)c2)c(N)c1. The first kappa shape index (κ1) is 13.7. The Labute approximate surface area is 121 Å². The molecule has 2 rings (SSSR count). The van der Waals surface area contributed by atoms with Crippen LogP contribution in [0.15, 0.2) is 34.8 Å². The molecule has 2 aromatic carbocycles. The molecule has 0 unspecified atom stereocenters. The van der Waals surface area contributed by atoms with E-state index >= 15 is 0 Å². The topological polar surface area (TPSA) is 47.3 Å². The number of hydrogen-bond acceptors (Lipinski definition) is 3. The van der Waals surface area contributed by atoms with Crippen LogP contribution in [0, 0.1) is 13.8 Å². The first-order valence-corrected chi connectivity index (χ1v) is 6.78. The summed E-state index contributed by atoms with van der Waals surface area (Å²) in [7, 11) is 1.63. The Morgan fingerprint density at radius 3 is 2.26 bits per heavy atom. The highest BCUT2D eigenvalue weighted by atomic mass is 79.9. The quantitative estimate of drug-likeness (QED) is 0.824. The molecule has 4 heteroatoms. The van der Waals surface area contributed by atoms with E-state index in [1.54, 1.807) is 13.2 Å². The molecule has 0 amide bonds. The fourth-order valence-corrected chi connectivity index (χ4v) is 2.18. The lowest BCUT2D eigenvalue weighted by Crippen LogP contribution is -1.98. The molecule has 3 N–H and O–H groups in total. The highest BCUT2D eigenvalue weighted by molar-refractivity contribution is 9.10. The molecule has 0 aliphatic rings. The van der Waals surface area contributed by atoms with Gasteiger partial charge in [-0.2, -0.15) is 0 Å². The van der Waals surface area contributed by atoms with Crippen LogP contribution in [0.3, 0.4) is 0 Å². The predicted molar refractivity (Wildman–Crippen MR) is 84.3 cm³/mol. The second-order valence-electron chi connectivity index (χ2n) is 4.50. The molecule has 0 bridgehead atoms. The molecule has 0 heterocycles. The first-order valence-electron chi connectivity index (χ1n) is 5.98.